The molecule has 1 aromatic carbocycles. The van der Waals surface area contributed by atoms with Gasteiger partial charge in [0.2, 0.25) is 0 Å². The SMILES string of the molecule is [c]1cc[siH]c2c1Cc1ccccc1-2. The number of hydrogen-bond acceptors (Lipinski definition) is 0. The molecule has 0 bridgehead atoms. The van der Waals surface area contributed by atoms with Crippen LogP contribution in [0.2, 0.25) is 0 Å². The molecule has 0 nitrogen and oxygen atoms in total. The molecule has 0 atom stereocenters. The molecule has 1 aromatic heterocycles. The zero-order valence-electron chi connectivity index (χ0n) is 7.25. The number of rotatable bonds is 0. The van der Waals surface area contributed by atoms with E-state index >= 15 is 0 Å². The van der Waals surface area contributed by atoms with Crippen molar-refractivity contribution in [2.75, 3.05) is 0 Å². The Labute approximate surface area is 80.0 Å². The van der Waals surface area contributed by atoms with Crippen LogP contribution >= 0.6 is 0 Å². The largest absolute Gasteiger partial charge is 0.0793 e. The lowest BCUT2D eigenvalue weighted by atomic mass is 10.1. The fourth-order valence-corrected chi connectivity index (χ4v) is 3.23. The molecule has 1 aliphatic carbocycles. The molecule has 0 fully saturated rings. The van der Waals surface area contributed by atoms with Gasteiger partial charge in [-0.05, 0) is 34.4 Å². The zero-order valence-corrected chi connectivity index (χ0v) is 8.40. The lowest BCUT2D eigenvalue weighted by Gasteiger charge is -1.97. The summed E-state index contributed by atoms with van der Waals surface area (Å²) in [7, 11) is 0.352. The second-order valence-electron chi connectivity index (χ2n) is 3.40. The quantitative estimate of drug-likeness (QED) is 0.466. The smallest absolute Gasteiger partial charge is 0.0305 e. The third-order valence-electron chi connectivity index (χ3n) is 2.62. The van der Waals surface area contributed by atoms with Gasteiger partial charge in [-0.15, -0.1) is 0 Å². The Hall–Kier alpha value is -1.21. The van der Waals surface area contributed by atoms with Gasteiger partial charge in [-0.1, -0.05) is 36.0 Å². The number of benzene rings is 1. The van der Waals surface area contributed by atoms with Crippen molar-refractivity contribution in [2.45, 2.75) is 6.42 Å². The molecule has 0 unspecified atom stereocenters. The maximum absolute atomic E-state index is 3.35. The van der Waals surface area contributed by atoms with E-state index in [-0.39, 0.29) is 0 Å². The van der Waals surface area contributed by atoms with Gasteiger partial charge in [-0.3, -0.25) is 0 Å². The average molecular weight is 181 g/mol. The molecule has 61 valence electrons. The first-order chi connectivity index (χ1) is 6.45. The van der Waals surface area contributed by atoms with Crippen LogP contribution in [-0.4, -0.2) is 9.12 Å². The molecular formula is C12H9Si. The summed E-state index contributed by atoms with van der Waals surface area (Å²) in [5, 5.41) is 1.57. The van der Waals surface area contributed by atoms with Crippen molar-refractivity contribution in [1.82, 2.24) is 0 Å². The Balaban J connectivity index is 2.32. The molecule has 1 radical (unpaired) electrons. The van der Waals surface area contributed by atoms with E-state index in [4.69, 9.17) is 0 Å². The summed E-state index contributed by atoms with van der Waals surface area (Å²) >= 11 is 0. The molecule has 3 rings (SSSR count). The normalized spacial score (nSPS) is 12.3. The molecule has 0 amide bonds. The van der Waals surface area contributed by atoms with Gasteiger partial charge < -0.3 is 0 Å². The standard InChI is InChI=1S/C12H9Si/c1-2-6-11-9(4-1)8-10-5-3-7-13-12(10)11/h1-4,6-7,13H,8H2. The Morgan fingerprint density at radius 2 is 2.15 bits per heavy atom. The van der Waals surface area contributed by atoms with Crippen LogP contribution in [0.15, 0.2) is 36.0 Å². The third kappa shape index (κ3) is 1.01. The molecule has 0 saturated carbocycles. The van der Waals surface area contributed by atoms with E-state index in [1.165, 1.54) is 16.7 Å². The first kappa shape index (κ1) is 7.22. The average Bonchev–Trinajstić information content (AvgIpc) is 2.56. The molecule has 1 heterocycles. The van der Waals surface area contributed by atoms with Crippen molar-refractivity contribution in [1.29, 1.82) is 0 Å². The minimum Gasteiger partial charge on any atom is -0.0793 e. The summed E-state index contributed by atoms with van der Waals surface area (Å²) in [6.07, 6.45) is 1.10. The van der Waals surface area contributed by atoms with Crippen molar-refractivity contribution in [3.63, 3.8) is 0 Å². The number of hydrogen-bond donors (Lipinski definition) is 0. The van der Waals surface area contributed by atoms with E-state index < -0.39 is 0 Å². The van der Waals surface area contributed by atoms with Gasteiger partial charge in [-0.25, -0.2) is 0 Å². The van der Waals surface area contributed by atoms with Crippen LogP contribution in [0.25, 0.3) is 10.7 Å². The summed E-state index contributed by atoms with van der Waals surface area (Å²) in [6, 6.07) is 14.2. The van der Waals surface area contributed by atoms with Crippen LogP contribution in [0.3, 0.4) is 0 Å². The van der Waals surface area contributed by atoms with Crippen molar-refractivity contribution >= 4 is 9.12 Å². The van der Waals surface area contributed by atoms with E-state index in [0.29, 0.717) is 9.12 Å². The molecule has 1 heteroatoms. The topological polar surface area (TPSA) is 0 Å². The molecule has 13 heavy (non-hydrogen) atoms. The monoisotopic (exact) mass is 181 g/mol. The lowest BCUT2D eigenvalue weighted by molar-refractivity contribution is 1.26. The minimum atomic E-state index is 0.352. The summed E-state index contributed by atoms with van der Waals surface area (Å²) in [5.74, 6) is 0. The molecule has 0 N–H and O–H groups in total. The molecule has 0 aliphatic heterocycles. The highest BCUT2D eigenvalue weighted by Gasteiger charge is 2.15. The molecule has 0 spiro atoms. The van der Waals surface area contributed by atoms with Gasteiger partial charge >= 0.3 is 0 Å². The van der Waals surface area contributed by atoms with Crippen LogP contribution in [0.4, 0.5) is 0 Å². The molecule has 2 aromatic rings. The van der Waals surface area contributed by atoms with E-state index in [1.807, 2.05) is 0 Å². The van der Waals surface area contributed by atoms with E-state index in [2.05, 4.69) is 42.1 Å². The van der Waals surface area contributed by atoms with Crippen LogP contribution < -0.4 is 0 Å². The van der Waals surface area contributed by atoms with Crippen LogP contribution in [-0.2, 0) is 6.42 Å². The highest BCUT2D eigenvalue weighted by atomic mass is 28.2. The summed E-state index contributed by atoms with van der Waals surface area (Å²) in [6.45, 7) is 0. The third-order valence-corrected chi connectivity index (χ3v) is 3.99. The fourth-order valence-electron chi connectivity index (χ4n) is 2.00. The van der Waals surface area contributed by atoms with E-state index in [0.717, 1.165) is 6.42 Å². The Kier molecular flexibility index (Phi) is 1.46. The number of fused-ring (bicyclic) bond motifs is 3. The van der Waals surface area contributed by atoms with Crippen LogP contribution in [0.1, 0.15) is 11.1 Å². The van der Waals surface area contributed by atoms with Gasteiger partial charge in [0, 0.05) is 9.12 Å². The van der Waals surface area contributed by atoms with Crippen molar-refractivity contribution < 1.29 is 0 Å². The zero-order chi connectivity index (χ0) is 8.67. The summed E-state index contributed by atoms with van der Waals surface area (Å²) < 4.78 is 0. The Bertz CT molecular complexity index is 417. The minimum absolute atomic E-state index is 0.352. The fraction of sp³-hybridized carbons (Fsp3) is 0.0833. The van der Waals surface area contributed by atoms with Crippen LogP contribution in [0.5, 0.6) is 0 Å². The van der Waals surface area contributed by atoms with Gasteiger partial charge in [0.05, 0.1) is 0 Å². The molecular weight excluding hydrogens is 172 g/mol. The van der Waals surface area contributed by atoms with Crippen LogP contribution in [0, 0.1) is 6.07 Å². The highest BCUT2D eigenvalue weighted by molar-refractivity contribution is 6.40. The maximum Gasteiger partial charge on any atom is 0.0305 e. The first-order valence-electron chi connectivity index (χ1n) is 4.53. The highest BCUT2D eigenvalue weighted by Crippen LogP contribution is 2.33. The van der Waals surface area contributed by atoms with Gasteiger partial charge in [0.15, 0.2) is 0 Å². The lowest BCUT2D eigenvalue weighted by Crippen LogP contribution is -1.82. The first-order valence-corrected chi connectivity index (χ1v) is 5.77. The van der Waals surface area contributed by atoms with Gasteiger partial charge in [0.1, 0.15) is 0 Å². The second-order valence-corrected chi connectivity index (χ2v) is 4.69. The molecule has 1 aliphatic rings. The Morgan fingerprint density at radius 1 is 1.23 bits per heavy atom. The van der Waals surface area contributed by atoms with Gasteiger partial charge in [-0.2, -0.15) is 0 Å². The maximum atomic E-state index is 3.35. The summed E-state index contributed by atoms with van der Waals surface area (Å²) in [4.78, 5) is 0. The summed E-state index contributed by atoms with van der Waals surface area (Å²) in [5.41, 5.74) is 6.65. The Morgan fingerprint density at radius 3 is 3.15 bits per heavy atom. The van der Waals surface area contributed by atoms with Crippen molar-refractivity contribution in [2.24, 2.45) is 0 Å². The van der Waals surface area contributed by atoms with E-state index in [9.17, 15) is 0 Å². The second kappa shape index (κ2) is 2.64. The molecule has 0 saturated heterocycles. The van der Waals surface area contributed by atoms with Crippen molar-refractivity contribution in [3.8, 4) is 10.7 Å². The van der Waals surface area contributed by atoms with Crippen molar-refractivity contribution in [3.05, 3.63) is 53.2 Å². The van der Waals surface area contributed by atoms with Gasteiger partial charge in [0.25, 0.3) is 0 Å². The predicted molar refractivity (Wildman–Crippen MR) is 56.3 cm³/mol. The predicted octanol–water partition coefficient (Wildman–Crippen LogP) is 2.13. The van der Waals surface area contributed by atoms with E-state index in [1.54, 1.807) is 5.17 Å².